The standard InChI is InChI=1S/C28H31N5O3S/c1-15-23(27-32-20-9-5-6-10-22(20)37-27)26(31-21-13-18(14-34)24(35)25(21)36)33-28(29-15)30-19-11-17(12-19)16-7-3-2-4-8-16/h2-10,17-19,21,24-25,34-36H,11-14H2,1H3,(H2,29,30,31,33). The van der Waals surface area contributed by atoms with Crippen molar-refractivity contribution in [3.05, 3.63) is 65.9 Å². The minimum atomic E-state index is -1.01. The van der Waals surface area contributed by atoms with Gasteiger partial charge in [0.15, 0.2) is 0 Å². The molecule has 0 aliphatic heterocycles. The summed E-state index contributed by atoms with van der Waals surface area (Å²) >= 11 is 1.57. The van der Waals surface area contributed by atoms with E-state index in [2.05, 4.69) is 34.9 Å². The lowest BCUT2D eigenvalue weighted by atomic mass is 9.76. The Morgan fingerprint density at radius 2 is 1.65 bits per heavy atom. The average molecular weight is 518 g/mol. The normalized spacial score (nSPS) is 27.2. The van der Waals surface area contributed by atoms with Gasteiger partial charge in [0.1, 0.15) is 16.9 Å². The molecule has 2 aliphatic carbocycles. The Morgan fingerprint density at radius 1 is 0.892 bits per heavy atom. The van der Waals surface area contributed by atoms with E-state index in [1.807, 2.05) is 37.3 Å². The largest absolute Gasteiger partial charge is 0.396 e. The van der Waals surface area contributed by atoms with Gasteiger partial charge < -0.3 is 26.0 Å². The fourth-order valence-electron chi connectivity index (χ4n) is 5.52. The number of rotatable bonds is 7. The van der Waals surface area contributed by atoms with Gasteiger partial charge in [-0.1, -0.05) is 42.5 Å². The Kier molecular flexibility index (Phi) is 6.54. The lowest BCUT2D eigenvalue weighted by molar-refractivity contribution is 0.00446. The number of thiazole rings is 1. The van der Waals surface area contributed by atoms with Gasteiger partial charge in [-0.2, -0.15) is 4.98 Å². The number of fused-ring (bicyclic) bond motifs is 1. The Balaban J connectivity index is 1.30. The van der Waals surface area contributed by atoms with Crippen LogP contribution in [0.1, 0.15) is 36.4 Å². The molecule has 37 heavy (non-hydrogen) atoms. The van der Waals surface area contributed by atoms with Crippen LogP contribution >= 0.6 is 11.3 Å². The van der Waals surface area contributed by atoms with E-state index in [0.717, 1.165) is 39.3 Å². The maximum atomic E-state index is 10.7. The van der Waals surface area contributed by atoms with Gasteiger partial charge in [-0.3, -0.25) is 0 Å². The molecular formula is C28H31N5O3S. The van der Waals surface area contributed by atoms with Crippen molar-refractivity contribution in [2.24, 2.45) is 5.92 Å². The van der Waals surface area contributed by atoms with Crippen LogP contribution in [-0.4, -0.2) is 61.2 Å². The summed E-state index contributed by atoms with van der Waals surface area (Å²) in [6.07, 6.45) is 0.468. The smallest absolute Gasteiger partial charge is 0.225 e. The maximum absolute atomic E-state index is 10.7. The van der Waals surface area contributed by atoms with Crippen molar-refractivity contribution in [3.8, 4) is 10.6 Å². The number of aryl methyl sites for hydroxylation is 1. The molecule has 0 radical (unpaired) electrons. The number of benzene rings is 2. The first-order valence-electron chi connectivity index (χ1n) is 12.8. The maximum Gasteiger partial charge on any atom is 0.225 e. The topological polar surface area (TPSA) is 123 Å². The van der Waals surface area contributed by atoms with Crippen molar-refractivity contribution in [3.63, 3.8) is 0 Å². The van der Waals surface area contributed by atoms with Crippen LogP contribution in [0, 0.1) is 12.8 Å². The third-order valence-electron chi connectivity index (χ3n) is 7.70. The first-order chi connectivity index (χ1) is 18.0. The minimum Gasteiger partial charge on any atom is -0.396 e. The highest BCUT2D eigenvalue weighted by molar-refractivity contribution is 7.21. The second-order valence-corrected chi connectivity index (χ2v) is 11.2. The van der Waals surface area contributed by atoms with Crippen LogP contribution in [0.2, 0.25) is 0 Å². The summed E-state index contributed by atoms with van der Waals surface area (Å²) in [5.74, 6) is 1.25. The molecule has 0 spiro atoms. The monoisotopic (exact) mass is 517 g/mol. The van der Waals surface area contributed by atoms with E-state index < -0.39 is 18.2 Å². The van der Waals surface area contributed by atoms with Crippen LogP contribution in [0.3, 0.4) is 0 Å². The van der Waals surface area contributed by atoms with Gasteiger partial charge in [-0.05, 0) is 49.8 Å². The van der Waals surface area contributed by atoms with Crippen molar-refractivity contribution < 1.29 is 15.3 Å². The van der Waals surface area contributed by atoms with E-state index in [1.54, 1.807) is 11.3 Å². The summed E-state index contributed by atoms with van der Waals surface area (Å²) in [7, 11) is 0. The van der Waals surface area contributed by atoms with Gasteiger partial charge in [0.2, 0.25) is 5.95 Å². The zero-order chi connectivity index (χ0) is 25.5. The molecule has 2 heterocycles. The molecule has 0 bridgehead atoms. The number of aliphatic hydroxyl groups is 3. The molecule has 0 saturated heterocycles. The first kappa shape index (κ1) is 24.2. The SMILES string of the molecule is Cc1nc(NC2CC(c3ccccc3)C2)nc(NC2CC(CO)C(O)C2O)c1-c1nc2ccccc2s1. The number of aliphatic hydroxyl groups excluding tert-OH is 3. The van der Waals surface area contributed by atoms with Gasteiger partial charge in [-0.25, -0.2) is 9.97 Å². The summed E-state index contributed by atoms with van der Waals surface area (Å²) in [4.78, 5) is 14.5. The number of hydrogen-bond acceptors (Lipinski definition) is 9. The van der Waals surface area contributed by atoms with E-state index >= 15 is 0 Å². The van der Waals surface area contributed by atoms with Crippen LogP contribution in [-0.2, 0) is 0 Å². The summed E-state index contributed by atoms with van der Waals surface area (Å²) in [5.41, 5.74) is 3.84. The van der Waals surface area contributed by atoms with E-state index in [-0.39, 0.29) is 18.6 Å². The van der Waals surface area contributed by atoms with Crippen molar-refractivity contribution in [2.45, 2.75) is 56.4 Å². The van der Waals surface area contributed by atoms with Gasteiger partial charge in [0, 0.05) is 18.6 Å². The van der Waals surface area contributed by atoms with Crippen molar-refractivity contribution in [2.75, 3.05) is 17.2 Å². The number of aromatic nitrogens is 3. The van der Waals surface area contributed by atoms with Gasteiger partial charge in [0.25, 0.3) is 0 Å². The Labute approximate surface area is 219 Å². The molecule has 2 saturated carbocycles. The van der Waals surface area contributed by atoms with Gasteiger partial charge >= 0.3 is 0 Å². The molecule has 2 aromatic heterocycles. The minimum absolute atomic E-state index is 0.180. The molecule has 192 valence electrons. The van der Waals surface area contributed by atoms with Crippen LogP contribution in [0.4, 0.5) is 11.8 Å². The number of anilines is 2. The predicted molar refractivity (Wildman–Crippen MR) is 146 cm³/mol. The Hall–Kier alpha value is -3.11. The second kappa shape index (κ2) is 9.98. The van der Waals surface area contributed by atoms with E-state index in [0.29, 0.717) is 24.1 Å². The third-order valence-corrected chi connectivity index (χ3v) is 8.75. The fraction of sp³-hybridized carbons (Fsp3) is 0.393. The van der Waals surface area contributed by atoms with E-state index in [1.165, 1.54) is 5.56 Å². The van der Waals surface area contributed by atoms with Crippen LogP contribution in [0.5, 0.6) is 0 Å². The lowest BCUT2D eigenvalue weighted by Crippen LogP contribution is -2.36. The summed E-state index contributed by atoms with van der Waals surface area (Å²) in [6.45, 7) is 1.77. The molecule has 2 fully saturated rings. The van der Waals surface area contributed by atoms with Crippen LogP contribution in [0.15, 0.2) is 54.6 Å². The molecular weight excluding hydrogens is 486 g/mol. The van der Waals surface area contributed by atoms with Crippen molar-refractivity contribution in [1.82, 2.24) is 15.0 Å². The summed E-state index contributed by atoms with van der Waals surface area (Å²) < 4.78 is 1.07. The molecule has 5 N–H and O–H groups in total. The van der Waals surface area contributed by atoms with Gasteiger partial charge in [0.05, 0.1) is 33.6 Å². The molecule has 2 aliphatic rings. The Bertz CT molecular complexity index is 1360. The highest BCUT2D eigenvalue weighted by Gasteiger charge is 2.41. The molecule has 2 aromatic carbocycles. The molecule has 4 unspecified atom stereocenters. The highest BCUT2D eigenvalue weighted by atomic mass is 32.1. The fourth-order valence-corrected chi connectivity index (χ4v) is 6.58. The molecule has 0 amide bonds. The predicted octanol–water partition coefficient (Wildman–Crippen LogP) is 3.93. The molecule has 4 aromatic rings. The van der Waals surface area contributed by atoms with Crippen LogP contribution < -0.4 is 10.6 Å². The zero-order valence-corrected chi connectivity index (χ0v) is 21.4. The third kappa shape index (κ3) is 4.68. The van der Waals surface area contributed by atoms with Gasteiger partial charge in [-0.15, -0.1) is 11.3 Å². The summed E-state index contributed by atoms with van der Waals surface area (Å²) in [5, 5.41) is 38.3. The number of hydrogen-bond donors (Lipinski definition) is 5. The van der Waals surface area contributed by atoms with E-state index in [9.17, 15) is 15.3 Å². The highest BCUT2D eigenvalue weighted by Crippen LogP contribution is 2.40. The lowest BCUT2D eigenvalue weighted by Gasteiger charge is -2.36. The van der Waals surface area contributed by atoms with Crippen LogP contribution in [0.25, 0.3) is 20.8 Å². The number of nitrogens with one attached hydrogen (secondary N) is 2. The molecule has 8 nitrogen and oxygen atoms in total. The second-order valence-electron chi connectivity index (χ2n) is 10.2. The average Bonchev–Trinajstić information content (AvgIpc) is 3.42. The number of para-hydroxylation sites is 1. The Morgan fingerprint density at radius 3 is 2.38 bits per heavy atom. The number of nitrogens with zero attached hydrogens (tertiary/aromatic N) is 3. The van der Waals surface area contributed by atoms with Crippen molar-refractivity contribution in [1.29, 1.82) is 0 Å². The first-order valence-corrected chi connectivity index (χ1v) is 13.6. The zero-order valence-electron chi connectivity index (χ0n) is 20.6. The van der Waals surface area contributed by atoms with Crippen molar-refractivity contribution >= 4 is 33.3 Å². The quantitative estimate of drug-likeness (QED) is 0.250. The van der Waals surface area contributed by atoms with E-state index in [4.69, 9.17) is 15.0 Å². The molecule has 4 atom stereocenters. The summed E-state index contributed by atoms with van der Waals surface area (Å²) in [6, 6.07) is 18.4. The molecule has 9 heteroatoms. The molecule has 6 rings (SSSR count).